The summed E-state index contributed by atoms with van der Waals surface area (Å²) in [5, 5.41) is 6.74. The average Bonchev–Trinajstić information content (AvgIpc) is 2.81. The van der Waals surface area contributed by atoms with Crippen LogP contribution in [0.5, 0.6) is 0 Å². The molecule has 0 amide bonds. The molecule has 6 nitrogen and oxygen atoms in total. The van der Waals surface area contributed by atoms with Gasteiger partial charge in [0.15, 0.2) is 0 Å². The number of alkyl halides is 3. The number of nitrogens with one attached hydrogen (secondary N) is 1. The van der Waals surface area contributed by atoms with Crippen molar-refractivity contribution in [3.8, 4) is 0 Å². The normalized spacial score (nSPS) is 13.1. The van der Waals surface area contributed by atoms with Gasteiger partial charge in [-0.3, -0.25) is 4.68 Å². The number of sulfonamides is 1. The summed E-state index contributed by atoms with van der Waals surface area (Å²) in [4.78, 5) is -0.113. The third kappa shape index (κ3) is 4.76. The summed E-state index contributed by atoms with van der Waals surface area (Å²) in [6, 6.07) is 0. The SMILES string of the molecule is CNCCn1cc(S(=O)(=O)N(C)CCC(F)(F)F)cn1. The topological polar surface area (TPSA) is 67.2 Å². The van der Waals surface area contributed by atoms with Crippen molar-refractivity contribution >= 4 is 10.0 Å². The highest BCUT2D eigenvalue weighted by atomic mass is 32.2. The lowest BCUT2D eigenvalue weighted by molar-refractivity contribution is -0.135. The van der Waals surface area contributed by atoms with Crippen LogP contribution in [0.3, 0.4) is 0 Å². The molecule has 20 heavy (non-hydrogen) atoms. The van der Waals surface area contributed by atoms with Gasteiger partial charge in [0.2, 0.25) is 10.0 Å². The predicted molar refractivity (Wildman–Crippen MR) is 66.6 cm³/mol. The van der Waals surface area contributed by atoms with Gasteiger partial charge in [-0.2, -0.15) is 18.3 Å². The maximum absolute atomic E-state index is 12.1. The van der Waals surface area contributed by atoms with E-state index in [1.54, 1.807) is 7.05 Å². The highest BCUT2D eigenvalue weighted by molar-refractivity contribution is 7.89. The molecular formula is C10H17F3N4O2S. The van der Waals surface area contributed by atoms with Gasteiger partial charge in [0.25, 0.3) is 0 Å². The fourth-order valence-electron chi connectivity index (χ4n) is 1.41. The average molecular weight is 314 g/mol. The number of halogens is 3. The van der Waals surface area contributed by atoms with Crippen LogP contribution in [0.15, 0.2) is 17.3 Å². The minimum Gasteiger partial charge on any atom is -0.318 e. The summed E-state index contributed by atoms with van der Waals surface area (Å²) in [5.74, 6) is 0. The van der Waals surface area contributed by atoms with E-state index in [-0.39, 0.29) is 4.90 Å². The van der Waals surface area contributed by atoms with Gasteiger partial charge in [0.05, 0.1) is 19.2 Å². The van der Waals surface area contributed by atoms with Crippen LogP contribution in [0.4, 0.5) is 13.2 Å². The van der Waals surface area contributed by atoms with E-state index < -0.39 is 29.2 Å². The molecule has 0 aliphatic carbocycles. The molecule has 0 saturated carbocycles. The molecule has 0 spiro atoms. The highest BCUT2D eigenvalue weighted by Gasteiger charge is 2.30. The van der Waals surface area contributed by atoms with E-state index >= 15 is 0 Å². The Bertz CT molecular complexity index is 527. The summed E-state index contributed by atoms with van der Waals surface area (Å²) >= 11 is 0. The standard InChI is InChI=1S/C10H17F3N4O2S/c1-14-4-6-17-8-9(7-15-17)20(18,19)16(2)5-3-10(11,12)13/h7-8,14H,3-6H2,1-2H3. The molecule has 0 aromatic carbocycles. The second kappa shape index (κ2) is 6.55. The molecule has 0 fully saturated rings. The Morgan fingerprint density at radius 1 is 1.45 bits per heavy atom. The first kappa shape index (κ1) is 16.9. The third-order valence-corrected chi connectivity index (χ3v) is 4.43. The van der Waals surface area contributed by atoms with Crippen LogP contribution in [-0.2, 0) is 16.6 Å². The second-order valence-electron chi connectivity index (χ2n) is 4.23. The van der Waals surface area contributed by atoms with Crippen molar-refractivity contribution in [2.24, 2.45) is 0 Å². The molecule has 1 heterocycles. The number of nitrogens with zero attached hydrogens (tertiary/aromatic N) is 3. The van der Waals surface area contributed by atoms with Crippen molar-refractivity contribution in [2.75, 3.05) is 27.2 Å². The first-order valence-electron chi connectivity index (χ1n) is 5.87. The van der Waals surface area contributed by atoms with Crippen molar-refractivity contribution in [3.05, 3.63) is 12.4 Å². The van der Waals surface area contributed by atoms with Gasteiger partial charge >= 0.3 is 6.18 Å². The largest absolute Gasteiger partial charge is 0.390 e. The lowest BCUT2D eigenvalue weighted by Gasteiger charge is -2.16. The van der Waals surface area contributed by atoms with Crippen molar-refractivity contribution in [3.63, 3.8) is 0 Å². The molecule has 0 bridgehead atoms. The predicted octanol–water partition coefficient (Wildman–Crippen LogP) is 0.675. The van der Waals surface area contributed by atoms with Crippen LogP contribution in [0.25, 0.3) is 0 Å². The van der Waals surface area contributed by atoms with E-state index in [2.05, 4.69) is 10.4 Å². The number of aromatic nitrogens is 2. The van der Waals surface area contributed by atoms with Crippen molar-refractivity contribution in [2.45, 2.75) is 24.0 Å². The quantitative estimate of drug-likeness (QED) is 0.803. The van der Waals surface area contributed by atoms with Crippen LogP contribution in [-0.4, -0.2) is 55.9 Å². The van der Waals surface area contributed by atoms with E-state index in [9.17, 15) is 21.6 Å². The highest BCUT2D eigenvalue weighted by Crippen LogP contribution is 2.21. The van der Waals surface area contributed by atoms with Crippen LogP contribution >= 0.6 is 0 Å². The Labute approximate surface area is 115 Å². The zero-order chi connectivity index (χ0) is 15.4. The van der Waals surface area contributed by atoms with E-state index in [1.165, 1.54) is 10.9 Å². The smallest absolute Gasteiger partial charge is 0.318 e. The maximum atomic E-state index is 12.1. The van der Waals surface area contributed by atoms with Crippen molar-refractivity contribution in [1.82, 2.24) is 19.4 Å². The second-order valence-corrected chi connectivity index (χ2v) is 6.28. The summed E-state index contributed by atoms with van der Waals surface area (Å²) in [7, 11) is -1.08. The van der Waals surface area contributed by atoms with Crippen molar-refractivity contribution < 1.29 is 21.6 Å². The summed E-state index contributed by atoms with van der Waals surface area (Å²) in [6.45, 7) is 0.455. The molecule has 1 aromatic heterocycles. The molecule has 0 saturated heterocycles. The van der Waals surface area contributed by atoms with E-state index in [4.69, 9.17) is 0 Å². The van der Waals surface area contributed by atoms with Gasteiger partial charge in [-0.1, -0.05) is 0 Å². The zero-order valence-electron chi connectivity index (χ0n) is 11.2. The zero-order valence-corrected chi connectivity index (χ0v) is 12.0. The molecule has 116 valence electrons. The molecular weight excluding hydrogens is 297 g/mol. The van der Waals surface area contributed by atoms with E-state index in [0.29, 0.717) is 17.4 Å². The molecule has 0 atom stereocenters. The van der Waals surface area contributed by atoms with Gasteiger partial charge < -0.3 is 5.32 Å². The first-order chi connectivity index (χ1) is 9.16. The van der Waals surface area contributed by atoms with E-state index in [0.717, 1.165) is 13.2 Å². The van der Waals surface area contributed by atoms with Gasteiger partial charge in [-0.15, -0.1) is 0 Å². The molecule has 10 heteroatoms. The van der Waals surface area contributed by atoms with Gasteiger partial charge in [0, 0.05) is 26.3 Å². The van der Waals surface area contributed by atoms with Crippen LogP contribution in [0, 0.1) is 0 Å². The Kier molecular flexibility index (Phi) is 5.54. The molecule has 1 N–H and O–H groups in total. The minimum absolute atomic E-state index is 0.113. The molecule has 1 rings (SSSR count). The Morgan fingerprint density at radius 2 is 2.10 bits per heavy atom. The number of hydrogen-bond acceptors (Lipinski definition) is 4. The fourth-order valence-corrected chi connectivity index (χ4v) is 2.54. The molecule has 0 radical (unpaired) electrons. The van der Waals surface area contributed by atoms with E-state index in [1.807, 2.05) is 0 Å². The molecule has 0 aliphatic heterocycles. The Morgan fingerprint density at radius 3 is 2.65 bits per heavy atom. The Hall–Kier alpha value is -1.13. The van der Waals surface area contributed by atoms with Crippen LogP contribution in [0.1, 0.15) is 6.42 Å². The summed E-state index contributed by atoms with van der Waals surface area (Å²) < 4.78 is 62.5. The van der Waals surface area contributed by atoms with Gasteiger partial charge in [-0.05, 0) is 7.05 Å². The number of rotatable bonds is 7. The van der Waals surface area contributed by atoms with Crippen molar-refractivity contribution in [1.29, 1.82) is 0 Å². The minimum atomic E-state index is -4.39. The number of likely N-dealkylation sites (N-methyl/N-ethyl adjacent to an activating group) is 1. The molecule has 0 unspecified atom stereocenters. The lowest BCUT2D eigenvalue weighted by Crippen LogP contribution is -2.30. The number of hydrogen-bond donors (Lipinski definition) is 1. The van der Waals surface area contributed by atoms with Crippen LogP contribution < -0.4 is 5.32 Å². The third-order valence-electron chi connectivity index (χ3n) is 2.62. The van der Waals surface area contributed by atoms with Gasteiger partial charge in [0.1, 0.15) is 4.90 Å². The Balaban J connectivity index is 2.74. The lowest BCUT2D eigenvalue weighted by atomic mass is 10.4. The fraction of sp³-hybridized carbons (Fsp3) is 0.700. The summed E-state index contributed by atoms with van der Waals surface area (Å²) in [6.07, 6.45) is -3.14. The molecule has 1 aromatic rings. The van der Waals surface area contributed by atoms with Crippen LogP contribution in [0.2, 0.25) is 0 Å². The monoisotopic (exact) mass is 314 g/mol. The van der Waals surface area contributed by atoms with Gasteiger partial charge in [-0.25, -0.2) is 12.7 Å². The maximum Gasteiger partial charge on any atom is 0.390 e. The molecule has 0 aliphatic rings. The first-order valence-corrected chi connectivity index (χ1v) is 7.31. The summed E-state index contributed by atoms with van der Waals surface area (Å²) in [5.41, 5.74) is 0.